The van der Waals surface area contributed by atoms with Crippen molar-refractivity contribution < 1.29 is 9.84 Å². The number of rotatable bonds is 3. The number of nitrogens with zero attached hydrogens (tertiary/aromatic N) is 1. The highest BCUT2D eigenvalue weighted by Crippen LogP contribution is 2.33. The van der Waals surface area contributed by atoms with Gasteiger partial charge < -0.3 is 9.84 Å². The van der Waals surface area contributed by atoms with E-state index in [9.17, 15) is 5.11 Å². The van der Waals surface area contributed by atoms with Crippen molar-refractivity contribution in [2.45, 2.75) is 10.6 Å². The second-order valence-corrected chi connectivity index (χ2v) is 4.59. The van der Waals surface area contributed by atoms with Crippen molar-refractivity contribution >= 4 is 34.7 Å². The number of methoxy groups -OCH3 is 1. The van der Waals surface area contributed by atoms with E-state index >= 15 is 0 Å². The largest absolute Gasteiger partial charge is 0.363 e. The van der Waals surface area contributed by atoms with Gasteiger partial charge >= 0.3 is 0 Å². The van der Waals surface area contributed by atoms with Crippen LogP contribution >= 0.6 is 34.7 Å². The highest BCUT2D eigenvalue weighted by molar-refractivity contribution is 8.00. The lowest BCUT2D eigenvalue weighted by Gasteiger charge is -2.03. The third-order valence-corrected chi connectivity index (χ3v) is 3.49. The zero-order valence-electron chi connectivity index (χ0n) is 6.57. The molecule has 1 N–H and O–H groups in total. The summed E-state index contributed by atoms with van der Waals surface area (Å²) in [6.07, 6.45) is 0.882. The van der Waals surface area contributed by atoms with Gasteiger partial charge in [0.2, 0.25) is 6.29 Å². The Morgan fingerprint density at radius 3 is 2.83 bits per heavy atom. The van der Waals surface area contributed by atoms with Gasteiger partial charge in [-0.05, 0) is 6.26 Å². The summed E-state index contributed by atoms with van der Waals surface area (Å²) in [5, 5.41) is 9.25. The molecule has 0 aliphatic heterocycles. The third-order valence-electron chi connectivity index (χ3n) is 1.22. The number of thioether (sulfide) groups is 1. The lowest BCUT2D eigenvalue weighted by Crippen LogP contribution is -2.00. The summed E-state index contributed by atoms with van der Waals surface area (Å²) in [5.74, 6) is 0. The second kappa shape index (κ2) is 4.43. The van der Waals surface area contributed by atoms with Gasteiger partial charge in [0.1, 0.15) is 10.0 Å². The van der Waals surface area contributed by atoms with Crippen molar-refractivity contribution in [1.29, 1.82) is 0 Å². The van der Waals surface area contributed by atoms with E-state index in [2.05, 4.69) is 9.72 Å². The molecule has 0 bridgehead atoms. The van der Waals surface area contributed by atoms with E-state index in [1.54, 1.807) is 0 Å². The first-order chi connectivity index (χ1) is 5.69. The van der Waals surface area contributed by atoms with Crippen LogP contribution in [-0.4, -0.2) is 23.5 Å². The van der Waals surface area contributed by atoms with Crippen molar-refractivity contribution in [2.75, 3.05) is 13.4 Å². The standard InChI is InChI=1S/C6H8ClNO2S2/c1-10-5(9)3-4(7)12-6(8-3)11-2/h5,9H,1-2H3. The lowest BCUT2D eigenvalue weighted by atomic mass is 10.5. The van der Waals surface area contributed by atoms with Crippen LogP contribution in [0, 0.1) is 0 Å². The van der Waals surface area contributed by atoms with Crippen LogP contribution in [0.3, 0.4) is 0 Å². The highest BCUT2D eigenvalue weighted by atomic mass is 35.5. The number of hydrogen-bond acceptors (Lipinski definition) is 5. The summed E-state index contributed by atoms with van der Waals surface area (Å²) in [5.41, 5.74) is 0.397. The highest BCUT2D eigenvalue weighted by Gasteiger charge is 2.16. The predicted octanol–water partition coefficient (Wildman–Crippen LogP) is 2.16. The molecule has 0 saturated heterocycles. The fraction of sp³-hybridized carbons (Fsp3) is 0.500. The van der Waals surface area contributed by atoms with Crippen molar-refractivity contribution in [3.8, 4) is 0 Å². The minimum absolute atomic E-state index is 0.397. The number of halogens is 1. The molecule has 0 spiro atoms. The SMILES string of the molecule is COC(O)c1nc(SC)sc1Cl. The molecule has 1 atom stereocenters. The predicted molar refractivity (Wildman–Crippen MR) is 50.9 cm³/mol. The van der Waals surface area contributed by atoms with Gasteiger partial charge in [-0.3, -0.25) is 0 Å². The van der Waals surface area contributed by atoms with Gasteiger partial charge in [-0.1, -0.05) is 34.7 Å². The van der Waals surface area contributed by atoms with Gasteiger partial charge in [0.15, 0.2) is 4.34 Å². The van der Waals surface area contributed by atoms with Crippen LogP contribution in [0.1, 0.15) is 12.0 Å². The molecule has 1 rings (SSSR count). The molecule has 3 nitrogen and oxygen atoms in total. The van der Waals surface area contributed by atoms with Crippen LogP contribution in [0.25, 0.3) is 0 Å². The van der Waals surface area contributed by atoms with E-state index < -0.39 is 6.29 Å². The molecule has 0 aromatic carbocycles. The summed E-state index contributed by atoms with van der Waals surface area (Å²) in [6.45, 7) is 0. The average molecular weight is 226 g/mol. The molecule has 6 heteroatoms. The Hall–Kier alpha value is 0.190. The summed E-state index contributed by atoms with van der Waals surface area (Å²) in [6, 6.07) is 0. The van der Waals surface area contributed by atoms with E-state index in [1.807, 2.05) is 6.26 Å². The van der Waals surface area contributed by atoms with Crippen molar-refractivity contribution in [1.82, 2.24) is 4.98 Å². The molecule has 0 aliphatic rings. The van der Waals surface area contributed by atoms with Gasteiger partial charge in [-0.2, -0.15) is 0 Å². The maximum Gasteiger partial charge on any atom is 0.200 e. The summed E-state index contributed by atoms with van der Waals surface area (Å²) < 4.78 is 5.99. The van der Waals surface area contributed by atoms with Crippen LogP contribution in [0.4, 0.5) is 0 Å². The van der Waals surface area contributed by atoms with E-state index in [1.165, 1.54) is 30.2 Å². The Morgan fingerprint density at radius 1 is 1.75 bits per heavy atom. The number of aromatic nitrogens is 1. The van der Waals surface area contributed by atoms with Crippen LogP contribution in [0.15, 0.2) is 4.34 Å². The van der Waals surface area contributed by atoms with Crippen molar-refractivity contribution in [3.63, 3.8) is 0 Å². The third kappa shape index (κ3) is 2.11. The first kappa shape index (κ1) is 10.3. The fourth-order valence-corrected chi connectivity index (χ4v) is 2.46. The normalized spacial score (nSPS) is 13.3. The molecule has 1 aromatic rings. The zero-order valence-corrected chi connectivity index (χ0v) is 8.96. The summed E-state index contributed by atoms with van der Waals surface area (Å²) >= 11 is 8.62. The monoisotopic (exact) mass is 225 g/mol. The molecular formula is C6H8ClNO2S2. The van der Waals surface area contributed by atoms with Gasteiger partial charge in [-0.25, -0.2) is 4.98 Å². The molecule has 68 valence electrons. The Labute approximate surface area is 83.7 Å². The van der Waals surface area contributed by atoms with Crippen molar-refractivity contribution in [2.24, 2.45) is 0 Å². The van der Waals surface area contributed by atoms with Crippen LogP contribution < -0.4 is 0 Å². The molecule has 0 aliphatic carbocycles. The van der Waals surface area contributed by atoms with Crippen LogP contribution in [0.2, 0.25) is 4.34 Å². The summed E-state index contributed by atoms with van der Waals surface area (Å²) in [4.78, 5) is 4.07. The first-order valence-corrected chi connectivity index (χ1v) is 5.52. The maximum atomic E-state index is 9.25. The Balaban J connectivity index is 2.91. The molecule has 0 fully saturated rings. The quantitative estimate of drug-likeness (QED) is 0.633. The number of aliphatic hydroxyl groups is 1. The molecule has 0 radical (unpaired) electrons. The average Bonchev–Trinajstić information content (AvgIpc) is 2.45. The smallest absolute Gasteiger partial charge is 0.200 e. The molecule has 1 heterocycles. The number of thiazole rings is 1. The van der Waals surface area contributed by atoms with E-state index in [0.717, 1.165) is 4.34 Å². The zero-order chi connectivity index (χ0) is 9.14. The maximum absolute atomic E-state index is 9.25. The van der Waals surface area contributed by atoms with Crippen molar-refractivity contribution in [3.05, 3.63) is 10.0 Å². The van der Waals surface area contributed by atoms with Crippen LogP contribution in [0.5, 0.6) is 0 Å². The van der Waals surface area contributed by atoms with E-state index in [-0.39, 0.29) is 0 Å². The van der Waals surface area contributed by atoms with Gasteiger partial charge in [0, 0.05) is 7.11 Å². The van der Waals surface area contributed by atoms with E-state index in [4.69, 9.17) is 11.6 Å². The molecule has 0 saturated carbocycles. The van der Waals surface area contributed by atoms with Gasteiger partial charge in [0.05, 0.1) is 0 Å². The first-order valence-electron chi connectivity index (χ1n) is 3.10. The van der Waals surface area contributed by atoms with E-state index in [0.29, 0.717) is 10.0 Å². The lowest BCUT2D eigenvalue weighted by molar-refractivity contribution is -0.0796. The number of hydrogen-bond donors (Lipinski definition) is 1. The minimum atomic E-state index is -1.02. The fourth-order valence-electron chi connectivity index (χ4n) is 0.645. The molecule has 1 aromatic heterocycles. The number of ether oxygens (including phenoxy) is 1. The van der Waals surface area contributed by atoms with Gasteiger partial charge in [-0.15, -0.1) is 0 Å². The minimum Gasteiger partial charge on any atom is -0.363 e. The number of aliphatic hydroxyl groups excluding tert-OH is 1. The van der Waals surface area contributed by atoms with Gasteiger partial charge in [0.25, 0.3) is 0 Å². The van der Waals surface area contributed by atoms with Crippen LogP contribution in [-0.2, 0) is 4.74 Å². The molecule has 1 unspecified atom stereocenters. The topological polar surface area (TPSA) is 42.4 Å². The molecule has 0 amide bonds. The Kier molecular flexibility index (Phi) is 3.79. The second-order valence-electron chi connectivity index (χ2n) is 1.93. The summed E-state index contributed by atoms with van der Waals surface area (Å²) in [7, 11) is 1.40. The Morgan fingerprint density at radius 2 is 2.42 bits per heavy atom. The molecular weight excluding hydrogens is 218 g/mol. The Bertz CT molecular complexity index is 266. The molecule has 12 heavy (non-hydrogen) atoms.